The number of halogens is 1. The van der Waals surface area contributed by atoms with Crippen molar-refractivity contribution in [3.8, 4) is 6.07 Å². The number of amides is 2. The molecule has 31 heavy (non-hydrogen) atoms. The molecular formula is C24H33FN4O2. The molecule has 2 aliphatic rings. The first kappa shape index (κ1) is 23.2. The lowest BCUT2D eigenvalue weighted by molar-refractivity contribution is -0.127. The van der Waals surface area contributed by atoms with E-state index in [9.17, 15) is 19.2 Å². The first-order chi connectivity index (χ1) is 15.0. The molecule has 1 aliphatic carbocycles. The monoisotopic (exact) mass is 428 g/mol. The highest BCUT2D eigenvalue weighted by Gasteiger charge is 2.33. The molecule has 2 fully saturated rings. The molecule has 2 amide bonds. The van der Waals surface area contributed by atoms with Crippen LogP contribution < -0.4 is 10.6 Å². The van der Waals surface area contributed by atoms with Crippen LogP contribution in [-0.4, -0.2) is 48.4 Å². The predicted octanol–water partition coefficient (Wildman–Crippen LogP) is 2.93. The van der Waals surface area contributed by atoms with Gasteiger partial charge in [0.15, 0.2) is 0 Å². The molecule has 7 heteroatoms. The van der Waals surface area contributed by atoms with E-state index in [4.69, 9.17) is 0 Å². The molecular weight excluding hydrogens is 395 g/mol. The topological polar surface area (TPSA) is 85.2 Å². The van der Waals surface area contributed by atoms with Gasteiger partial charge in [-0.15, -0.1) is 0 Å². The number of carbonyl (C=O) groups excluding carboxylic acids is 2. The molecule has 6 nitrogen and oxygen atoms in total. The number of hydrogen-bond acceptors (Lipinski definition) is 4. The van der Waals surface area contributed by atoms with E-state index in [1.807, 2.05) is 0 Å². The fraction of sp³-hybridized carbons (Fsp3) is 0.625. The number of nitrogens with one attached hydrogen (secondary N) is 2. The molecule has 2 N–H and O–H groups in total. The van der Waals surface area contributed by atoms with E-state index in [1.54, 1.807) is 18.2 Å². The van der Waals surface area contributed by atoms with E-state index in [0.717, 1.165) is 38.5 Å². The molecule has 0 unspecified atom stereocenters. The summed E-state index contributed by atoms with van der Waals surface area (Å²) in [6, 6.07) is 8.96. The van der Waals surface area contributed by atoms with E-state index in [-0.39, 0.29) is 30.1 Å². The number of rotatable bonds is 7. The lowest BCUT2D eigenvalue weighted by Gasteiger charge is -2.32. The largest absolute Gasteiger partial charge is 0.356 e. The van der Waals surface area contributed by atoms with Crippen molar-refractivity contribution in [2.24, 2.45) is 5.92 Å². The van der Waals surface area contributed by atoms with Crippen LogP contribution in [0.15, 0.2) is 24.3 Å². The molecule has 1 saturated heterocycles. The van der Waals surface area contributed by atoms with Crippen LogP contribution in [0.1, 0.15) is 56.9 Å². The van der Waals surface area contributed by atoms with Crippen molar-refractivity contribution in [3.05, 3.63) is 35.6 Å². The number of benzene rings is 1. The molecule has 1 aromatic carbocycles. The van der Waals surface area contributed by atoms with Gasteiger partial charge in [-0.3, -0.25) is 14.5 Å². The van der Waals surface area contributed by atoms with Gasteiger partial charge >= 0.3 is 0 Å². The third-order valence-corrected chi connectivity index (χ3v) is 6.53. The van der Waals surface area contributed by atoms with Crippen molar-refractivity contribution < 1.29 is 14.0 Å². The highest BCUT2D eigenvalue weighted by molar-refractivity contribution is 5.80. The molecule has 0 radical (unpaired) electrons. The Labute approximate surface area is 184 Å². The average molecular weight is 429 g/mol. The van der Waals surface area contributed by atoms with Gasteiger partial charge < -0.3 is 10.6 Å². The van der Waals surface area contributed by atoms with Crippen molar-refractivity contribution in [3.63, 3.8) is 0 Å². The minimum absolute atomic E-state index is 0.00216. The van der Waals surface area contributed by atoms with Crippen molar-refractivity contribution >= 4 is 11.8 Å². The Morgan fingerprint density at radius 1 is 1.13 bits per heavy atom. The van der Waals surface area contributed by atoms with Crippen molar-refractivity contribution in [2.75, 3.05) is 26.2 Å². The van der Waals surface area contributed by atoms with Gasteiger partial charge in [-0.2, -0.15) is 5.26 Å². The van der Waals surface area contributed by atoms with E-state index in [2.05, 4.69) is 21.6 Å². The van der Waals surface area contributed by atoms with Gasteiger partial charge in [0, 0.05) is 12.5 Å². The minimum Gasteiger partial charge on any atom is -0.356 e. The maximum atomic E-state index is 13.7. The summed E-state index contributed by atoms with van der Waals surface area (Å²) in [6.07, 6.45) is 7.51. The number of piperidine rings is 1. The summed E-state index contributed by atoms with van der Waals surface area (Å²) in [5.74, 6) is -0.420. The highest BCUT2D eigenvalue weighted by atomic mass is 19.1. The molecule has 0 bridgehead atoms. The van der Waals surface area contributed by atoms with Crippen LogP contribution in [0.4, 0.5) is 4.39 Å². The van der Waals surface area contributed by atoms with Crippen LogP contribution >= 0.6 is 0 Å². The van der Waals surface area contributed by atoms with Gasteiger partial charge in [0.2, 0.25) is 11.8 Å². The first-order valence-corrected chi connectivity index (χ1v) is 11.5. The zero-order valence-corrected chi connectivity index (χ0v) is 18.2. The summed E-state index contributed by atoms with van der Waals surface area (Å²) < 4.78 is 13.7. The molecule has 1 aromatic rings. The van der Waals surface area contributed by atoms with Gasteiger partial charge in [-0.05, 0) is 56.8 Å². The molecule has 0 atom stereocenters. The second-order valence-electron chi connectivity index (χ2n) is 8.84. The zero-order valence-electron chi connectivity index (χ0n) is 18.2. The minimum atomic E-state index is -0.718. The van der Waals surface area contributed by atoms with Gasteiger partial charge in [0.1, 0.15) is 11.4 Å². The Hall–Kier alpha value is -2.46. The van der Waals surface area contributed by atoms with Crippen LogP contribution in [-0.2, 0) is 16.0 Å². The van der Waals surface area contributed by atoms with Crippen molar-refractivity contribution in [1.29, 1.82) is 5.26 Å². The normalized spacial score (nSPS) is 19.7. The molecule has 3 rings (SSSR count). The Balaban J connectivity index is 1.38. The third-order valence-electron chi connectivity index (χ3n) is 6.53. The highest BCUT2D eigenvalue weighted by Crippen LogP contribution is 2.26. The first-order valence-electron chi connectivity index (χ1n) is 11.5. The van der Waals surface area contributed by atoms with Crippen LogP contribution in [0.5, 0.6) is 0 Å². The van der Waals surface area contributed by atoms with E-state index < -0.39 is 5.54 Å². The Morgan fingerprint density at radius 2 is 1.81 bits per heavy atom. The molecule has 168 valence electrons. The van der Waals surface area contributed by atoms with Crippen LogP contribution in [0.3, 0.4) is 0 Å². The smallest absolute Gasteiger partial charge is 0.235 e. The van der Waals surface area contributed by atoms with E-state index in [1.165, 1.54) is 6.07 Å². The van der Waals surface area contributed by atoms with Gasteiger partial charge in [0.05, 0.1) is 12.6 Å². The zero-order chi connectivity index (χ0) is 22.1. The fourth-order valence-electron chi connectivity index (χ4n) is 4.63. The molecule has 0 spiro atoms. The number of carbonyl (C=O) groups is 2. The maximum Gasteiger partial charge on any atom is 0.235 e. The molecule has 1 heterocycles. The summed E-state index contributed by atoms with van der Waals surface area (Å²) in [4.78, 5) is 27.1. The van der Waals surface area contributed by atoms with E-state index >= 15 is 0 Å². The Bertz CT molecular complexity index is 791. The summed E-state index contributed by atoms with van der Waals surface area (Å²) in [7, 11) is 0. The van der Waals surface area contributed by atoms with Crippen LogP contribution in [0.2, 0.25) is 0 Å². The molecule has 1 saturated carbocycles. The number of hydrogen-bond donors (Lipinski definition) is 2. The molecule has 1 aliphatic heterocycles. The fourth-order valence-corrected chi connectivity index (χ4v) is 4.63. The van der Waals surface area contributed by atoms with Gasteiger partial charge in [-0.25, -0.2) is 4.39 Å². The second-order valence-corrected chi connectivity index (χ2v) is 8.84. The predicted molar refractivity (Wildman–Crippen MR) is 116 cm³/mol. The number of nitrogens with zero attached hydrogens (tertiary/aromatic N) is 2. The lowest BCUT2D eigenvalue weighted by Crippen LogP contribution is -2.51. The van der Waals surface area contributed by atoms with Crippen molar-refractivity contribution in [1.82, 2.24) is 15.5 Å². The average Bonchev–Trinajstić information content (AvgIpc) is 3.01. The van der Waals surface area contributed by atoms with Gasteiger partial charge in [-0.1, -0.05) is 43.9 Å². The lowest BCUT2D eigenvalue weighted by atomic mass is 9.91. The quantitative estimate of drug-likeness (QED) is 0.654. The number of likely N-dealkylation sites (tertiary alicyclic amines) is 1. The summed E-state index contributed by atoms with van der Waals surface area (Å²) in [6.45, 7) is 2.04. The standard InChI is InChI=1S/C24H33FN4O2/c25-21-8-4-3-7-19(21)9-14-27-23(31)20-10-15-29(16-11-20)17-22(30)28-24(18-26)12-5-1-2-6-13-24/h3-4,7-8,20H,1-2,5-6,9-17H2,(H,27,31)(H,28,30). The molecule has 0 aromatic heterocycles. The second kappa shape index (κ2) is 11.2. The third kappa shape index (κ3) is 6.76. The maximum absolute atomic E-state index is 13.7. The SMILES string of the molecule is N#CC1(NC(=O)CN2CCC(C(=O)NCCc3ccccc3F)CC2)CCCCCC1. The summed E-state index contributed by atoms with van der Waals surface area (Å²) in [5.41, 5.74) is -0.114. The van der Waals surface area contributed by atoms with Crippen molar-refractivity contribution in [2.45, 2.75) is 63.3 Å². The van der Waals surface area contributed by atoms with Gasteiger partial charge in [0.25, 0.3) is 0 Å². The Morgan fingerprint density at radius 3 is 2.45 bits per heavy atom. The van der Waals surface area contributed by atoms with Crippen LogP contribution in [0, 0.1) is 23.1 Å². The number of nitriles is 1. The Kier molecular flexibility index (Phi) is 8.42. The van der Waals surface area contributed by atoms with E-state index in [0.29, 0.717) is 44.5 Å². The van der Waals surface area contributed by atoms with Crippen LogP contribution in [0.25, 0.3) is 0 Å². The summed E-state index contributed by atoms with van der Waals surface area (Å²) >= 11 is 0. The summed E-state index contributed by atoms with van der Waals surface area (Å²) in [5, 5.41) is 15.5.